The van der Waals surface area contributed by atoms with E-state index in [9.17, 15) is 9.59 Å². The van der Waals surface area contributed by atoms with Crippen LogP contribution in [-0.4, -0.2) is 83.0 Å². The van der Waals surface area contributed by atoms with Crippen molar-refractivity contribution in [1.82, 2.24) is 0 Å². The van der Waals surface area contributed by atoms with Crippen molar-refractivity contribution in [3.8, 4) is 33.4 Å². The van der Waals surface area contributed by atoms with Crippen molar-refractivity contribution < 1.29 is 9.59 Å². The third-order valence-corrected chi connectivity index (χ3v) is 9.18. The van der Waals surface area contributed by atoms with E-state index in [1.54, 1.807) is 0 Å². The molecule has 0 amide bonds. The Labute approximate surface area is 328 Å². The normalized spacial score (nSPS) is 10.1. The van der Waals surface area contributed by atoms with Gasteiger partial charge in [-0.1, -0.05) is 36.4 Å². The van der Waals surface area contributed by atoms with Crippen LogP contribution in [0.4, 0.5) is 28.4 Å². The molecule has 7 nitrogen and oxygen atoms in total. The van der Waals surface area contributed by atoms with Gasteiger partial charge in [-0.05, 0) is 137 Å². The highest BCUT2D eigenvalue weighted by atomic mass is 16.1. The Hall–Kier alpha value is -6.34. The second-order valence-corrected chi connectivity index (χ2v) is 14.3. The Morgan fingerprint density at radius 3 is 0.618 bits per heavy atom. The summed E-state index contributed by atoms with van der Waals surface area (Å²) in [7, 11) is 20.3. The van der Waals surface area contributed by atoms with E-state index < -0.39 is 0 Å². The molecule has 284 valence electrons. The maximum Gasteiger partial charge on any atom is 0.150 e. The molecule has 0 N–H and O–H groups in total. The molecular weight excluding hydrogens is 679 g/mol. The number of hydrogen-bond acceptors (Lipinski definition) is 7. The maximum absolute atomic E-state index is 10.3. The zero-order valence-corrected chi connectivity index (χ0v) is 34.0. The molecule has 0 aromatic heterocycles. The van der Waals surface area contributed by atoms with Gasteiger partial charge in [0.15, 0.2) is 0 Å². The molecule has 0 atom stereocenters. The summed E-state index contributed by atoms with van der Waals surface area (Å²) >= 11 is 0. The van der Waals surface area contributed by atoms with Crippen LogP contribution < -0.4 is 24.5 Å². The van der Waals surface area contributed by atoms with E-state index in [0.29, 0.717) is 0 Å². The quantitative estimate of drug-likeness (QED) is 0.130. The minimum absolute atomic E-state index is 0.718. The van der Waals surface area contributed by atoms with Crippen LogP contribution in [0.2, 0.25) is 0 Å². The van der Waals surface area contributed by atoms with E-state index >= 15 is 0 Å². The lowest BCUT2D eigenvalue weighted by Gasteiger charge is -2.16. The number of rotatable bonds is 10. The highest BCUT2D eigenvalue weighted by molar-refractivity contribution is 5.82. The van der Waals surface area contributed by atoms with Gasteiger partial charge in [0.1, 0.15) is 12.6 Å². The Bertz CT molecular complexity index is 1860. The summed E-state index contributed by atoms with van der Waals surface area (Å²) in [5.74, 6) is 0. The van der Waals surface area contributed by atoms with Crippen LogP contribution >= 0.6 is 0 Å². The first-order chi connectivity index (χ1) is 26.3. The van der Waals surface area contributed by atoms with Crippen molar-refractivity contribution in [1.29, 1.82) is 0 Å². The van der Waals surface area contributed by atoms with Gasteiger partial charge in [0.2, 0.25) is 0 Å². The van der Waals surface area contributed by atoms with Crippen LogP contribution in [0.25, 0.3) is 33.4 Å². The molecule has 6 aromatic rings. The van der Waals surface area contributed by atoms with Crippen molar-refractivity contribution in [2.24, 2.45) is 0 Å². The lowest BCUT2D eigenvalue weighted by atomic mass is 9.93. The summed E-state index contributed by atoms with van der Waals surface area (Å²) < 4.78 is 0. The van der Waals surface area contributed by atoms with E-state index in [1.165, 1.54) is 50.4 Å². The molecule has 0 heterocycles. The van der Waals surface area contributed by atoms with Crippen molar-refractivity contribution in [2.75, 3.05) is 95.0 Å². The molecule has 6 rings (SSSR count). The summed E-state index contributed by atoms with van der Waals surface area (Å²) in [5, 5.41) is 0. The molecular formula is C48H55N5O2. The fraction of sp³-hybridized carbons (Fsp3) is 0.208. The van der Waals surface area contributed by atoms with E-state index in [0.717, 1.165) is 35.1 Å². The van der Waals surface area contributed by atoms with Crippen molar-refractivity contribution in [3.05, 3.63) is 151 Å². The minimum Gasteiger partial charge on any atom is -0.378 e. The van der Waals surface area contributed by atoms with Crippen LogP contribution in [-0.2, 0) is 0 Å². The molecule has 55 heavy (non-hydrogen) atoms. The fourth-order valence-electron chi connectivity index (χ4n) is 5.69. The molecule has 0 unspecified atom stereocenters. The van der Waals surface area contributed by atoms with Crippen LogP contribution in [0.5, 0.6) is 0 Å². The van der Waals surface area contributed by atoms with Crippen molar-refractivity contribution >= 4 is 41.0 Å². The lowest BCUT2D eigenvalue weighted by molar-refractivity contribution is 0.111. The molecule has 0 saturated carbocycles. The monoisotopic (exact) mass is 733 g/mol. The van der Waals surface area contributed by atoms with Crippen LogP contribution in [0.3, 0.4) is 0 Å². The number of hydrogen-bond donors (Lipinski definition) is 0. The second-order valence-electron chi connectivity index (χ2n) is 14.3. The highest BCUT2D eigenvalue weighted by Crippen LogP contribution is 2.34. The van der Waals surface area contributed by atoms with E-state index in [-0.39, 0.29) is 0 Å². The molecule has 0 aliphatic carbocycles. The molecule has 6 aromatic carbocycles. The first-order valence-electron chi connectivity index (χ1n) is 18.2. The van der Waals surface area contributed by atoms with E-state index in [1.807, 2.05) is 86.5 Å². The van der Waals surface area contributed by atoms with Crippen molar-refractivity contribution in [3.63, 3.8) is 0 Å². The largest absolute Gasteiger partial charge is 0.378 e. The lowest BCUT2D eigenvalue weighted by Crippen LogP contribution is -2.08. The van der Waals surface area contributed by atoms with Crippen LogP contribution in [0.15, 0.2) is 140 Å². The first-order valence-corrected chi connectivity index (χ1v) is 18.2. The standard InChI is InChI=1S/C30H33N3.2C9H11NO/c1-31(2)28-13-7-22(8-14-28)25-19-26(23-9-15-29(16-10-23)32(3)4)21-27(20-25)24-11-17-30(18-12-24)33(5)6;2*1-10(2)9-5-3-8(7-11)4-6-9/h7-21H,1-6H3;2*3-7H,1-2H3. The Balaban J connectivity index is 0.000000248. The predicted octanol–water partition coefficient (Wildman–Crippen LogP) is 10.0. The third-order valence-electron chi connectivity index (χ3n) is 9.18. The van der Waals surface area contributed by atoms with Gasteiger partial charge in [-0.3, -0.25) is 9.59 Å². The highest BCUT2D eigenvalue weighted by Gasteiger charge is 2.09. The zero-order chi connectivity index (χ0) is 40.1. The Morgan fingerprint density at radius 1 is 0.273 bits per heavy atom. The van der Waals surface area contributed by atoms with Gasteiger partial charge >= 0.3 is 0 Å². The summed E-state index contributed by atoms with van der Waals surface area (Å²) in [6.07, 6.45) is 1.69. The molecule has 0 radical (unpaired) electrons. The zero-order valence-electron chi connectivity index (χ0n) is 34.0. The van der Waals surface area contributed by atoms with Gasteiger partial charge in [0.25, 0.3) is 0 Å². The molecule has 0 saturated heterocycles. The van der Waals surface area contributed by atoms with Crippen LogP contribution in [0, 0.1) is 0 Å². The molecule has 0 bridgehead atoms. The molecule has 0 fully saturated rings. The summed E-state index contributed by atoms with van der Waals surface area (Å²) in [5.41, 5.74) is 14.6. The third kappa shape index (κ3) is 11.8. The predicted molar refractivity (Wildman–Crippen MR) is 238 cm³/mol. The van der Waals surface area contributed by atoms with Gasteiger partial charge in [0, 0.05) is 110 Å². The first kappa shape index (κ1) is 41.4. The average molecular weight is 734 g/mol. The number of nitrogens with zero attached hydrogens (tertiary/aromatic N) is 5. The van der Waals surface area contributed by atoms with Gasteiger partial charge in [0.05, 0.1) is 0 Å². The second kappa shape index (κ2) is 19.7. The minimum atomic E-state index is 0.718. The fourth-order valence-corrected chi connectivity index (χ4v) is 5.69. The molecule has 0 spiro atoms. The Morgan fingerprint density at radius 2 is 0.455 bits per heavy atom. The number of carbonyl (C=O) groups is 2. The van der Waals surface area contributed by atoms with Gasteiger partial charge < -0.3 is 24.5 Å². The number of benzene rings is 6. The SMILES string of the molecule is CN(C)c1ccc(-c2cc(-c3ccc(N(C)C)cc3)cc(-c3ccc(N(C)C)cc3)c2)cc1.CN(C)c1ccc(C=O)cc1.CN(C)c1ccc(C=O)cc1. The molecule has 0 aliphatic rings. The summed E-state index contributed by atoms with van der Waals surface area (Å²) in [6, 6.07) is 48.2. The average Bonchev–Trinajstić information content (AvgIpc) is 3.21. The van der Waals surface area contributed by atoms with E-state index in [4.69, 9.17) is 0 Å². The number of carbonyl (C=O) groups excluding carboxylic acids is 2. The van der Waals surface area contributed by atoms with Crippen molar-refractivity contribution in [2.45, 2.75) is 0 Å². The summed E-state index contributed by atoms with van der Waals surface area (Å²) in [6.45, 7) is 0. The van der Waals surface area contributed by atoms with E-state index in [2.05, 4.69) is 148 Å². The molecule has 0 aliphatic heterocycles. The van der Waals surface area contributed by atoms with Gasteiger partial charge in [-0.15, -0.1) is 0 Å². The van der Waals surface area contributed by atoms with Crippen LogP contribution in [0.1, 0.15) is 20.7 Å². The summed E-state index contributed by atoms with van der Waals surface area (Å²) in [4.78, 5) is 30.9. The Kier molecular flexibility index (Phi) is 14.8. The van der Waals surface area contributed by atoms with Gasteiger partial charge in [-0.2, -0.15) is 0 Å². The number of aldehydes is 2. The topological polar surface area (TPSA) is 50.3 Å². The maximum atomic E-state index is 10.3. The molecule has 7 heteroatoms. The van der Waals surface area contributed by atoms with Gasteiger partial charge in [-0.25, -0.2) is 0 Å². The number of anilines is 5. The smallest absolute Gasteiger partial charge is 0.150 e.